The molecule has 0 aromatic heterocycles. The Hall–Kier alpha value is -3.06. The molecule has 0 bridgehead atoms. The van der Waals surface area contributed by atoms with Crippen LogP contribution >= 0.6 is 11.6 Å². The summed E-state index contributed by atoms with van der Waals surface area (Å²) in [5.41, 5.74) is 2.09. The predicted molar refractivity (Wildman–Crippen MR) is 123 cm³/mol. The van der Waals surface area contributed by atoms with Crippen LogP contribution in [0.2, 0.25) is 5.02 Å². The molecular weight excluding hydrogens is 416 g/mol. The third kappa shape index (κ3) is 5.98. The molecule has 2 aromatic rings. The number of anilines is 2. The highest BCUT2D eigenvalue weighted by Crippen LogP contribution is 2.24. The molecule has 1 aliphatic heterocycles. The minimum Gasteiger partial charge on any atom is -0.375 e. The van der Waals surface area contributed by atoms with Gasteiger partial charge in [-0.1, -0.05) is 17.7 Å². The molecule has 0 atom stereocenters. The van der Waals surface area contributed by atoms with Gasteiger partial charge in [0.05, 0.1) is 17.3 Å². The quantitative estimate of drug-likeness (QED) is 0.714. The molecule has 2 N–H and O–H groups in total. The molecule has 2 aromatic carbocycles. The van der Waals surface area contributed by atoms with Gasteiger partial charge in [-0.2, -0.15) is 0 Å². The number of rotatable bonds is 6. The number of hydrogen-bond acceptors (Lipinski definition) is 4. The van der Waals surface area contributed by atoms with Crippen LogP contribution in [0.3, 0.4) is 0 Å². The van der Waals surface area contributed by atoms with Crippen molar-refractivity contribution in [3.63, 3.8) is 0 Å². The first-order valence-corrected chi connectivity index (χ1v) is 10.7. The van der Waals surface area contributed by atoms with E-state index >= 15 is 0 Å². The first kappa shape index (κ1) is 22.6. The number of likely N-dealkylation sites (tertiary alicyclic amines) is 1. The van der Waals surface area contributed by atoms with Crippen LogP contribution < -0.4 is 10.6 Å². The van der Waals surface area contributed by atoms with E-state index in [1.54, 1.807) is 56.6 Å². The Morgan fingerprint density at radius 1 is 1.00 bits per heavy atom. The minimum absolute atomic E-state index is 0.0220. The maximum atomic E-state index is 12.7. The van der Waals surface area contributed by atoms with Crippen molar-refractivity contribution < 1.29 is 14.4 Å². The second kappa shape index (κ2) is 10.3. The molecule has 1 saturated heterocycles. The Morgan fingerprint density at radius 2 is 1.74 bits per heavy atom. The topological polar surface area (TPSA) is 81.8 Å². The zero-order chi connectivity index (χ0) is 22.4. The summed E-state index contributed by atoms with van der Waals surface area (Å²) in [5.74, 6) is -0.458. The van der Waals surface area contributed by atoms with Crippen molar-refractivity contribution in [2.75, 3.05) is 44.4 Å². The van der Waals surface area contributed by atoms with E-state index in [9.17, 15) is 14.4 Å². The lowest BCUT2D eigenvalue weighted by Crippen LogP contribution is -2.35. The normalized spacial score (nSPS) is 13.5. The first-order valence-electron chi connectivity index (χ1n) is 10.3. The van der Waals surface area contributed by atoms with Gasteiger partial charge in [-0.15, -0.1) is 0 Å². The summed E-state index contributed by atoms with van der Waals surface area (Å²) in [5, 5.41) is 6.19. The molecule has 0 spiro atoms. The van der Waals surface area contributed by atoms with E-state index in [4.69, 9.17) is 11.6 Å². The van der Waals surface area contributed by atoms with Gasteiger partial charge in [-0.25, -0.2) is 0 Å². The maximum absolute atomic E-state index is 12.7. The minimum atomic E-state index is -0.293. The van der Waals surface area contributed by atoms with Gasteiger partial charge < -0.3 is 20.4 Å². The molecule has 7 nitrogen and oxygen atoms in total. The Bertz CT molecular complexity index is 971. The van der Waals surface area contributed by atoms with E-state index in [2.05, 4.69) is 10.6 Å². The average Bonchev–Trinajstić information content (AvgIpc) is 2.78. The zero-order valence-corrected chi connectivity index (χ0v) is 18.5. The second-order valence-corrected chi connectivity index (χ2v) is 8.14. The van der Waals surface area contributed by atoms with Gasteiger partial charge in [-0.05, 0) is 55.7 Å². The third-order valence-corrected chi connectivity index (χ3v) is 5.43. The largest absolute Gasteiger partial charge is 0.375 e. The highest BCUT2D eigenvalue weighted by Gasteiger charge is 2.19. The summed E-state index contributed by atoms with van der Waals surface area (Å²) in [6, 6.07) is 11.8. The van der Waals surface area contributed by atoms with Crippen molar-refractivity contribution in [3.8, 4) is 0 Å². The number of benzene rings is 2. The van der Waals surface area contributed by atoms with Crippen molar-refractivity contribution >= 4 is 40.7 Å². The van der Waals surface area contributed by atoms with Crippen molar-refractivity contribution in [1.29, 1.82) is 0 Å². The lowest BCUT2D eigenvalue weighted by atomic mass is 10.1. The highest BCUT2D eigenvalue weighted by atomic mass is 35.5. The van der Waals surface area contributed by atoms with Gasteiger partial charge in [0.25, 0.3) is 11.8 Å². The van der Waals surface area contributed by atoms with Gasteiger partial charge in [0.15, 0.2) is 0 Å². The number of halogens is 1. The van der Waals surface area contributed by atoms with Gasteiger partial charge in [0.2, 0.25) is 5.91 Å². The van der Waals surface area contributed by atoms with Crippen molar-refractivity contribution in [2.45, 2.75) is 19.3 Å². The molecule has 164 valence electrons. The van der Waals surface area contributed by atoms with E-state index in [1.165, 1.54) is 4.90 Å². The van der Waals surface area contributed by atoms with Gasteiger partial charge in [0, 0.05) is 44.0 Å². The number of hydrogen-bond donors (Lipinski definition) is 2. The summed E-state index contributed by atoms with van der Waals surface area (Å²) in [7, 11) is 3.34. The van der Waals surface area contributed by atoms with E-state index in [0.717, 1.165) is 32.4 Å². The fourth-order valence-corrected chi connectivity index (χ4v) is 3.63. The summed E-state index contributed by atoms with van der Waals surface area (Å²) in [4.78, 5) is 40.5. The van der Waals surface area contributed by atoms with Crippen molar-refractivity contribution in [1.82, 2.24) is 9.80 Å². The Kier molecular flexibility index (Phi) is 7.52. The first-order chi connectivity index (χ1) is 14.8. The van der Waals surface area contributed by atoms with Crippen LogP contribution in [0.15, 0.2) is 42.5 Å². The van der Waals surface area contributed by atoms with Gasteiger partial charge in [0.1, 0.15) is 0 Å². The van der Waals surface area contributed by atoms with Crippen LogP contribution in [0.1, 0.15) is 40.0 Å². The fraction of sp³-hybridized carbons (Fsp3) is 0.348. The van der Waals surface area contributed by atoms with E-state index < -0.39 is 0 Å². The standard InChI is InChI=1S/C23H27ClN4O3/c1-27(2)22(30)16-7-6-8-18(13-16)26-21(29)15-25-20-14-17(9-10-19(20)24)23(31)28-11-4-3-5-12-28/h6-10,13-14,25H,3-5,11-12,15H2,1-2H3,(H,26,29). The Morgan fingerprint density at radius 3 is 2.45 bits per heavy atom. The number of nitrogens with zero attached hydrogens (tertiary/aromatic N) is 2. The lowest BCUT2D eigenvalue weighted by molar-refractivity contribution is -0.114. The summed E-state index contributed by atoms with van der Waals surface area (Å²) >= 11 is 6.25. The number of nitrogens with one attached hydrogen (secondary N) is 2. The van der Waals surface area contributed by atoms with Crippen LogP contribution in [0.4, 0.5) is 11.4 Å². The van der Waals surface area contributed by atoms with Crippen LogP contribution in [0.25, 0.3) is 0 Å². The molecule has 0 unspecified atom stereocenters. The number of carbonyl (C=O) groups is 3. The summed E-state index contributed by atoms with van der Waals surface area (Å²) in [6.07, 6.45) is 3.19. The molecule has 3 rings (SSSR count). The summed E-state index contributed by atoms with van der Waals surface area (Å²) < 4.78 is 0. The van der Waals surface area contributed by atoms with Crippen molar-refractivity contribution in [2.24, 2.45) is 0 Å². The monoisotopic (exact) mass is 442 g/mol. The predicted octanol–water partition coefficient (Wildman–Crippen LogP) is 3.72. The van der Waals surface area contributed by atoms with Crippen LogP contribution in [0, 0.1) is 0 Å². The van der Waals surface area contributed by atoms with Crippen LogP contribution in [-0.2, 0) is 4.79 Å². The molecule has 0 saturated carbocycles. The molecule has 3 amide bonds. The Labute approximate surface area is 187 Å². The number of amides is 3. The van der Waals surface area contributed by atoms with Crippen LogP contribution in [-0.4, -0.2) is 61.3 Å². The second-order valence-electron chi connectivity index (χ2n) is 7.73. The van der Waals surface area contributed by atoms with Gasteiger partial charge in [-0.3, -0.25) is 14.4 Å². The summed E-state index contributed by atoms with van der Waals surface area (Å²) in [6.45, 7) is 1.50. The van der Waals surface area contributed by atoms with Crippen LogP contribution in [0.5, 0.6) is 0 Å². The molecule has 1 aliphatic rings. The number of carbonyl (C=O) groups excluding carboxylic acids is 3. The van der Waals surface area contributed by atoms with Gasteiger partial charge >= 0.3 is 0 Å². The molecule has 1 heterocycles. The van der Waals surface area contributed by atoms with Crippen molar-refractivity contribution in [3.05, 3.63) is 58.6 Å². The lowest BCUT2D eigenvalue weighted by Gasteiger charge is -2.27. The Balaban J connectivity index is 1.62. The fourth-order valence-electron chi connectivity index (χ4n) is 3.44. The smallest absolute Gasteiger partial charge is 0.253 e. The molecular formula is C23H27ClN4O3. The zero-order valence-electron chi connectivity index (χ0n) is 17.8. The molecule has 8 heteroatoms. The van der Waals surface area contributed by atoms with E-state index in [-0.39, 0.29) is 24.3 Å². The molecule has 31 heavy (non-hydrogen) atoms. The molecule has 1 fully saturated rings. The maximum Gasteiger partial charge on any atom is 0.253 e. The third-order valence-electron chi connectivity index (χ3n) is 5.10. The molecule has 0 aliphatic carbocycles. The number of piperidine rings is 1. The van der Waals surface area contributed by atoms with E-state index in [0.29, 0.717) is 27.5 Å². The highest BCUT2D eigenvalue weighted by molar-refractivity contribution is 6.33. The van der Waals surface area contributed by atoms with E-state index in [1.807, 2.05) is 4.90 Å². The SMILES string of the molecule is CN(C)C(=O)c1cccc(NC(=O)CNc2cc(C(=O)N3CCCCC3)ccc2Cl)c1. The average molecular weight is 443 g/mol. The molecule has 0 radical (unpaired) electrons.